The maximum absolute atomic E-state index is 12.3. The van der Waals surface area contributed by atoms with E-state index in [-0.39, 0.29) is 5.75 Å². The van der Waals surface area contributed by atoms with Crippen molar-refractivity contribution in [1.29, 1.82) is 0 Å². The lowest BCUT2D eigenvalue weighted by atomic mass is 10.0. The van der Waals surface area contributed by atoms with E-state index in [0.29, 0.717) is 4.90 Å². The van der Waals surface area contributed by atoms with Gasteiger partial charge in [-0.2, -0.15) is 0 Å². The van der Waals surface area contributed by atoms with E-state index in [1.165, 1.54) is 11.1 Å². The fourth-order valence-electron chi connectivity index (χ4n) is 4.91. The van der Waals surface area contributed by atoms with Gasteiger partial charge in [0.2, 0.25) is 0 Å². The molecule has 0 N–H and O–H groups in total. The van der Waals surface area contributed by atoms with Gasteiger partial charge in [0, 0.05) is 42.5 Å². The van der Waals surface area contributed by atoms with Crippen molar-refractivity contribution in [3.05, 3.63) is 65.4 Å². The van der Waals surface area contributed by atoms with Crippen molar-refractivity contribution >= 4 is 32.5 Å². The zero-order valence-corrected chi connectivity index (χ0v) is 23.3. The minimum atomic E-state index is -3.17. The first kappa shape index (κ1) is 25.9. The molecule has 0 spiro atoms. The van der Waals surface area contributed by atoms with Crippen LogP contribution < -0.4 is 0 Å². The zero-order chi connectivity index (χ0) is 26.0. The summed E-state index contributed by atoms with van der Waals surface area (Å²) in [6.45, 7) is 6.67. The van der Waals surface area contributed by atoms with E-state index in [2.05, 4.69) is 36.8 Å². The van der Waals surface area contributed by atoms with Crippen molar-refractivity contribution < 1.29 is 8.42 Å². The average molecular weight is 536 g/mol. The van der Waals surface area contributed by atoms with Gasteiger partial charge in [0.1, 0.15) is 0 Å². The van der Waals surface area contributed by atoms with E-state index in [9.17, 15) is 8.42 Å². The van der Waals surface area contributed by atoms with Crippen LogP contribution in [0.25, 0.3) is 22.3 Å². The molecule has 0 atom stereocenters. The summed E-state index contributed by atoms with van der Waals surface area (Å²) in [6, 6.07) is 16.0. The third-order valence-corrected chi connectivity index (χ3v) is 9.95. The third-order valence-electron chi connectivity index (χ3n) is 7.11. The van der Waals surface area contributed by atoms with Gasteiger partial charge in [-0.05, 0) is 68.1 Å². The molecule has 1 aliphatic rings. The van der Waals surface area contributed by atoms with Crippen molar-refractivity contribution in [3.8, 4) is 11.4 Å². The van der Waals surface area contributed by atoms with Crippen molar-refractivity contribution in [3.63, 3.8) is 0 Å². The number of hydrogen-bond acceptors (Lipinski definition) is 7. The molecule has 2 aromatic carbocycles. The quantitative estimate of drug-likeness (QED) is 0.239. The normalized spacial score (nSPS) is 14.6. The minimum absolute atomic E-state index is 0.140. The molecular weight excluding hydrogens is 502 g/mol. The fourth-order valence-corrected chi connectivity index (χ4v) is 6.68. The van der Waals surface area contributed by atoms with E-state index >= 15 is 0 Å². The molecular formula is C28H33N5O2S2. The largest absolute Gasteiger partial charge is 0.305 e. The van der Waals surface area contributed by atoms with Gasteiger partial charge in [0.25, 0.3) is 0 Å². The maximum atomic E-state index is 12.3. The highest BCUT2D eigenvalue weighted by atomic mass is 32.2. The molecule has 0 unspecified atom stereocenters. The number of aryl methyl sites for hydroxylation is 1. The molecule has 9 heteroatoms. The number of benzene rings is 2. The Hall–Kier alpha value is -2.75. The van der Waals surface area contributed by atoms with Gasteiger partial charge in [0.15, 0.2) is 20.8 Å². The highest BCUT2D eigenvalue weighted by Gasteiger charge is 2.18. The van der Waals surface area contributed by atoms with Crippen molar-refractivity contribution in [1.82, 2.24) is 24.6 Å². The van der Waals surface area contributed by atoms with Crippen molar-refractivity contribution in [2.45, 2.75) is 43.2 Å². The van der Waals surface area contributed by atoms with Gasteiger partial charge in [-0.3, -0.25) is 4.98 Å². The summed E-state index contributed by atoms with van der Waals surface area (Å²) in [4.78, 5) is 7.59. The summed E-state index contributed by atoms with van der Waals surface area (Å²) in [6.07, 6.45) is 2.90. The summed E-state index contributed by atoms with van der Waals surface area (Å²) in [7, 11) is -1.14. The second kappa shape index (κ2) is 10.9. The van der Waals surface area contributed by atoms with Gasteiger partial charge < -0.3 is 9.47 Å². The monoisotopic (exact) mass is 535 g/mol. The van der Waals surface area contributed by atoms with Crippen LogP contribution in [0.1, 0.15) is 30.2 Å². The zero-order valence-electron chi connectivity index (χ0n) is 21.6. The third kappa shape index (κ3) is 5.58. The second-order valence-corrected chi connectivity index (χ2v) is 12.9. The van der Waals surface area contributed by atoms with Crippen LogP contribution in [0.5, 0.6) is 0 Å². The predicted octanol–water partition coefficient (Wildman–Crippen LogP) is 4.72. The second-order valence-electron chi connectivity index (χ2n) is 9.57. The summed E-state index contributed by atoms with van der Waals surface area (Å²) < 4.78 is 26.6. The van der Waals surface area contributed by atoms with Crippen LogP contribution in [0.3, 0.4) is 0 Å². The Balaban J connectivity index is 1.17. The number of sulfone groups is 1. The Morgan fingerprint density at radius 3 is 2.62 bits per heavy atom. The summed E-state index contributed by atoms with van der Waals surface area (Å²) >= 11 is 1.74. The average Bonchev–Trinajstić information content (AvgIpc) is 3.13. The molecule has 0 bridgehead atoms. The van der Waals surface area contributed by atoms with E-state index in [1.807, 2.05) is 44.3 Å². The molecule has 194 valence electrons. The molecule has 37 heavy (non-hydrogen) atoms. The predicted molar refractivity (Wildman–Crippen MR) is 150 cm³/mol. The lowest BCUT2D eigenvalue weighted by molar-refractivity contribution is 0.289. The Bertz CT molecular complexity index is 1530. The van der Waals surface area contributed by atoms with Crippen LogP contribution in [-0.2, 0) is 29.7 Å². The molecule has 1 aliphatic heterocycles. The highest BCUT2D eigenvalue weighted by Crippen LogP contribution is 2.29. The summed E-state index contributed by atoms with van der Waals surface area (Å²) in [5.41, 5.74) is 5.47. The van der Waals surface area contributed by atoms with Crippen LogP contribution in [0.2, 0.25) is 0 Å². The number of nitrogens with zero attached hydrogens (tertiary/aromatic N) is 5. The van der Waals surface area contributed by atoms with Crippen LogP contribution >= 0.6 is 11.8 Å². The first-order chi connectivity index (χ1) is 17.9. The lowest BCUT2D eigenvalue weighted by Crippen LogP contribution is -2.27. The fraction of sp³-hybridized carbons (Fsp3) is 0.393. The van der Waals surface area contributed by atoms with Crippen LogP contribution in [0, 0.1) is 6.92 Å². The van der Waals surface area contributed by atoms with Gasteiger partial charge in [0.05, 0.1) is 16.2 Å². The maximum Gasteiger partial charge on any atom is 0.191 e. The van der Waals surface area contributed by atoms with Gasteiger partial charge in [-0.1, -0.05) is 43.0 Å². The number of fused-ring (bicyclic) bond motifs is 2. The summed E-state index contributed by atoms with van der Waals surface area (Å²) in [5.74, 6) is 1.96. The van der Waals surface area contributed by atoms with Crippen LogP contribution in [-0.4, -0.2) is 64.2 Å². The molecule has 0 saturated heterocycles. The molecule has 5 rings (SSSR count). The number of aromatic nitrogens is 4. The molecule has 0 aliphatic carbocycles. The Kier molecular flexibility index (Phi) is 7.65. The lowest BCUT2D eigenvalue weighted by Gasteiger charge is -2.19. The molecule has 0 saturated carbocycles. The molecule has 2 aromatic heterocycles. The number of thioether (sulfide) groups is 1. The minimum Gasteiger partial charge on any atom is -0.305 e. The number of rotatable bonds is 8. The Morgan fingerprint density at radius 1 is 1.00 bits per heavy atom. The standard InChI is InChI=1S/C28H33N5O2S2/c1-4-37(34,35)23-11-10-21-13-16-33(17-14-22(21)19-23)15-6-18-36-28-31-30-27(32(28)3)25-7-5-8-26-24(25)12-9-20(2)29-26/h5,7-12,19H,4,6,13-18H2,1-3H3. The molecule has 3 heterocycles. The SMILES string of the molecule is CCS(=O)(=O)c1ccc2c(c1)CCN(CCCSc1nnc(-c3cccc4nc(C)ccc34)n1C)CC2. The Labute approximate surface area is 223 Å². The summed E-state index contributed by atoms with van der Waals surface area (Å²) in [5, 5.41) is 11.0. The van der Waals surface area contributed by atoms with E-state index in [4.69, 9.17) is 0 Å². The molecule has 0 amide bonds. The molecule has 0 radical (unpaired) electrons. The van der Waals surface area contributed by atoms with E-state index in [1.54, 1.807) is 24.8 Å². The Morgan fingerprint density at radius 2 is 1.81 bits per heavy atom. The van der Waals surface area contributed by atoms with Crippen LogP contribution in [0.15, 0.2) is 58.6 Å². The highest BCUT2D eigenvalue weighted by molar-refractivity contribution is 7.99. The molecule has 0 fully saturated rings. The first-order valence-corrected chi connectivity index (χ1v) is 15.5. The van der Waals surface area contributed by atoms with E-state index in [0.717, 1.165) is 77.8 Å². The van der Waals surface area contributed by atoms with Crippen LogP contribution in [0.4, 0.5) is 0 Å². The van der Waals surface area contributed by atoms with Crippen molar-refractivity contribution in [2.75, 3.05) is 31.1 Å². The first-order valence-electron chi connectivity index (χ1n) is 12.8. The van der Waals surface area contributed by atoms with E-state index < -0.39 is 9.84 Å². The molecule has 7 nitrogen and oxygen atoms in total. The number of pyridine rings is 1. The smallest absolute Gasteiger partial charge is 0.191 e. The van der Waals surface area contributed by atoms with Crippen molar-refractivity contribution in [2.24, 2.45) is 7.05 Å². The topological polar surface area (TPSA) is 81.0 Å². The van der Waals surface area contributed by atoms with Gasteiger partial charge in [-0.15, -0.1) is 10.2 Å². The number of hydrogen-bond donors (Lipinski definition) is 0. The van der Waals surface area contributed by atoms with Gasteiger partial charge >= 0.3 is 0 Å². The van der Waals surface area contributed by atoms with Gasteiger partial charge in [-0.25, -0.2) is 8.42 Å². The molecule has 4 aromatic rings.